The number of rotatable bonds is 10. The Kier molecular flexibility index (Phi) is 12.3. The number of amides is 5. The normalized spacial score (nSPS) is 25.7. The Labute approximate surface area is 254 Å². The maximum Gasteiger partial charge on any atom is 0.315 e. The molecule has 43 heavy (non-hydrogen) atoms. The highest BCUT2D eigenvalue weighted by Crippen LogP contribution is 2.51. The van der Waals surface area contributed by atoms with Gasteiger partial charge in [-0.15, -0.1) is 0 Å². The molecule has 0 radical (unpaired) electrons. The molecule has 244 valence electrons. The first-order valence-electron chi connectivity index (χ1n) is 16.2. The number of carbonyl (C=O) groups excluding carboxylic acids is 5. The number of halogens is 2. The monoisotopic (exact) mass is 611 g/mol. The van der Waals surface area contributed by atoms with Crippen molar-refractivity contribution in [2.24, 2.45) is 17.6 Å². The molecule has 0 spiro atoms. The van der Waals surface area contributed by atoms with Crippen LogP contribution in [0.15, 0.2) is 0 Å². The van der Waals surface area contributed by atoms with Gasteiger partial charge in [0.2, 0.25) is 17.6 Å². The molecule has 4 unspecified atom stereocenters. The van der Waals surface area contributed by atoms with Crippen LogP contribution in [0.2, 0.25) is 0 Å². The van der Waals surface area contributed by atoms with Crippen LogP contribution in [0.1, 0.15) is 117 Å². The fourth-order valence-corrected chi connectivity index (χ4v) is 6.72. The average Bonchev–Trinajstić information content (AvgIpc) is 3.32. The molecule has 10 nitrogen and oxygen atoms in total. The number of nitrogens with one attached hydrogen (secondary N) is 3. The van der Waals surface area contributed by atoms with Crippen LogP contribution in [-0.4, -0.2) is 70.6 Å². The van der Waals surface area contributed by atoms with Crippen molar-refractivity contribution in [3.05, 3.63) is 0 Å². The predicted molar refractivity (Wildman–Crippen MR) is 158 cm³/mol. The number of ketones is 1. The minimum atomic E-state index is -2.94. The van der Waals surface area contributed by atoms with Crippen LogP contribution < -0.4 is 21.7 Å². The highest BCUT2D eigenvalue weighted by Gasteiger charge is 2.58. The van der Waals surface area contributed by atoms with Gasteiger partial charge in [0.25, 0.3) is 11.8 Å². The Balaban J connectivity index is 0.00000162. The third-order valence-electron chi connectivity index (χ3n) is 9.24. The van der Waals surface area contributed by atoms with Crippen molar-refractivity contribution in [3.8, 4) is 0 Å². The van der Waals surface area contributed by atoms with Gasteiger partial charge in [-0.2, -0.15) is 0 Å². The quantitative estimate of drug-likeness (QED) is 0.276. The van der Waals surface area contributed by atoms with E-state index in [0.29, 0.717) is 12.8 Å². The van der Waals surface area contributed by atoms with E-state index in [-0.39, 0.29) is 23.9 Å². The summed E-state index contributed by atoms with van der Waals surface area (Å²) < 4.78 is 27.1. The zero-order valence-corrected chi connectivity index (χ0v) is 26.0. The van der Waals surface area contributed by atoms with Crippen LogP contribution in [0.3, 0.4) is 0 Å². The molecular formula is C31H51F2N5O5. The fraction of sp³-hybridized carbons (Fsp3) is 0.839. The van der Waals surface area contributed by atoms with Gasteiger partial charge in [-0.05, 0) is 57.8 Å². The zero-order valence-electron chi connectivity index (χ0n) is 26.0. The first-order chi connectivity index (χ1) is 20.3. The number of hydrogen-bond acceptors (Lipinski definition) is 5. The summed E-state index contributed by atoms with van der Waals surface area (Å²) in [6, 6.07) is -3.63. The Bertz CT molecular complexity index is 1010. The topological polar surface area (TPSA) is 151 Å². The van der Waals surface area contributed by atoms with E-state index in [2.05, 4.69) is 29.8 Å². The van der Waals surface area contributed by atoms with Gasteiger partial charge in [0.05, 0.1) is 6.04 Å². The number of Topliss-reactive ketones (excluding diaryl/α,β-unsaturated/α-hetero) is 1. The second kappa shape index (κ2) is 15.3. The fourth-order valence-electron chi connectivity index (χ4n) is 6.72. The van der Waals surface area contributed by atoms with Crippen LogP contribution in [0.5, 0.6) is 0 Å². The van der Waals surface area contributed by atoms with Crippen molar-refractivity contribution >= 4 is 29.5 Å². The number of hydrogen-bond donors (Lipinski definition) is 4. The Morgan fingerprint density at radius 3 is 2.05 bits per heavy atom. The molecule has 0 aromatic heterocycles. The lowest BCUT2D eigenvalue weighted by molar-refractivity contribution is -0.143. The van der Waals surface area contributed by atoms with Crippen molar-refractivity contribution < 1.29 is 32.8 Å². The minimum absolute atomic E-state index is 0.0724. The second-order valence-corrected chi connectivity index (χ2v) is 13.2. The van der Waals surface area contributed by atoms with Gasteiger partial charge in [-0.1, -0.05) is 58.8 Å². The lowest BCUT2D eigenvalue weighted by Crippen LogP contribution is -2.60. The van der Waals surface area contributed by atoms with E-state index in [1.165, 1.54) is 11.3 Å². The first-order valence-corrected chi connectivity index (χ1v) is 16.2. The van der Waals surface area contributed by atoms with Gasteiger partial charge in [0.15, 0.2) is 0 Å². The van der Waals surface area contributed by atoms with Crippen molar-refractivity contribution in [1.82, 2.24) is 20.9 Å². The molecule has 3 aliphatic carbocycles. The molecule has 5 N–H and O–H groups in total. The smallest absolute Gasteiger partial charge is 0.315 e. The summed E-state index contributed by atoms with van der Waals surface area (Å²) in [5.74, 6) is -7.63. The number of likely N-dealkylation sites (tertiary alicyclic amines) is 1. The summed E-state index contributed by atoms with van der Waals surface area (Å²) in [7, 11) is 0. The van der Waals surface area contributed by atoms with E-state index < -0.39 is 66.4 Å². The van der Waals surface area contributed by atoms with Crippen LogP contribution in [0.25, 0.3) is 0 Å². The van der Waals surface area contributed by atoms with Crippen molar-refractivity contribution in [2.45, 2.75) is 147 Å². The first kappa shape index (κ1) is 34.7. The van der Waals surface area contributed by atoms with Crippen LogP contribution in [0, 0.1) is 11.8 Å². The molecule has 1 heterocycles. The van der Waals surface area contributed by atoms with E-state index in [9.17, 15) is 32.8 Å². The van der Waals surface area contributed by atoms with Gasteiger partial charge in [0.1, 0.15) is 12.1 Å². The highest BCUT2D eigenvalue weighted by molar-refractivity contribution is 6.37. The summed E-state index contributed by atoms with van der Waals surface area (Å²) in [6.07, 6.45) is 10.7. The van der Waals surface area contributed by atoms with Gasteiger partial charge in [-0.25, -0.2) is 13.6 Å². The third kappa shape index (κ3) is 9.60. The van der Waals surface area contributed by atoms with E-state index >= 15 is 0 Å². The Morgan fingerprint density at radius 1 is 0.907 bits per heavy atom. The largest absolute Gasteiger partial charge is 0.363 e. The lowest BCUT2D eigenvalue weighted by Gasteiger charge is -2.37. The number of nitrogens with zero attached hydrogens (tertiary/aromatic N) is 1. The van der Waals surface area contributed by atoms with Gasteiger partial charge in [-0.3, -0.25) is 19.2 Å². The van der Waals surface area contributed by atoms with E-state index in [1.807, 2.05) is 6.92 Å². The summed E-state index contributed by atoms with van der Waals surface area (Å²) in [5, 5.41) is 8.46. The Hall–Kier alpha value is -2.79. The maximum atomic E-state index is 13.9. The van der Waals surface area contributed by atoms with Crippen molar-refractivity contribution in [2.75, 3.05) is 6.54 Å². The molecule has 4 aliphatic rings. The predicted octanol–water partition coefficient (Wildman–Crippen LogP) is 3.95. The summed E-state index contributed by atoms with van der Waals surface area (Å²) in [6.45, 7) is 6.56. The molecule has 4 atom stereocenters. The zero-order chi connectivity index (χ0) is 31.8. The molecule has 4 fully saturated rings. The van der Waals surface area contributed by atoms with E-state index in [0.717, 1.165) is 64.2 Å². The Morgan fingerprint density at radius 2 is 1.49 bits per heavy atom. The van der Waals surface area contributed by atoms with Crippen molar-refractivity contribution in [1.29, 1.82) is 0 Å². The van der Waals surface area contributed by atoms with E-state index in [4.69, 9.17) is 5.73 Å². The van der Waals surface area contributed by atoms with Gasteiger partial charge < -0.3 is 26.6 Å². The highest BCUT2D eigenvalue weighted by atomic mass is 19.3. The van der Waals surface area contributed by atoms with Crippen LogP contribution in [-0.2, 0) is 19.2 Å². The maximum absolute atomic E-state index is 13.9. The summed E-state index contributed by atoms with van der Waals surface area (Å²) >= 11 is 0. The average molecular weight is 612 g/mol. The molecule has 1 aliphatic heterocycles. The molecule has 0 aromatic carbocycles. The van der Waals surface area contributed by atoms with Crippen LogP contribution >= 0.6 is 0 Å². The standard InChI is InChI=1S/C28H43F2N5O5.C3H8/c1-27(12-6-3-7-13-27)34-26(40)33-21(17-9-4-2-5-10-17)25(39)35-14-8-11-20(35)24(38)32-19(22(36)23(31)37)15-18-16-28(18,29)30;1-3-2/h17-21H,2-16H2,1H3,(H2,31,37)(H,32,38)(H2,33,34,40);3H2,1-2H3. The number of carbonyl (C=O) groups is 5. The summed E-state index contributed by atoms with van der Waals surface area (Å²) in [5.41, 5.74) is 4.78. The van der Waals surface area contributed by atoms with E-state index in [1.54, 1.807) is 0 Å². The second-order valence-electron chi connectivity index (χ2n) is 13.2. The number of alkyl halides is 2. The number of urea groups is 1. The third-order valence-corrected chi connectivity index (χ3v) is 9.24. The molecule has 5 amide bonds. The number of primary amides is 1. The molecule has 0 bridgehead atoms. The lowest BCUT2D eigenvalue weighted by atomic mass is 9.82. The molecular weight excluding hydrogens is 560 g/mol. The summed E-state index contributed by atoms with van der Waals surface area (Å²) in [4.78, 5) is 65.7. The SMILES string of the molecule is CC1(NC(=O)NC(C(=O)N2CCCC2C(=O)NC(CC2CC2(F)F)C(=O)C(N)=O)C2CCCCC2)CCCCC1.CCC. The minimum Gasteiger partial charge on any atom is -0.363 e. The van der Waals surface area contributed by atoms with Crippen molar-refractivity contribution in [3.63, 3.8) is 0 Å². The number of nitrogens with two attached hydrogens (primary N) is 1. The van der Waals surface area contributed by atoms with Gasteiger partial charge in [0, 0.05) is 24.4 Å². The molecule has 4 rings (SSSR count). The molecule has 3 saturated carbocycles. The molecule has 1 saturated heterocycles. The molecule has 0 aromatic rings. The van der Waals surface area contributed by atoms with Crippen LogP contribution in [0.4, 0.5) is 13.6 Å². The van der Waals surface area contributed by atoms with Gasteiger partial charge >= 0.3 is 6.03 Å². The molecule has 12 heteroatoms.